The molecule has 1 saturated heterocycles. The first-order valence-electron chi connectivity index (χ1n) is 13.1. The van der Waals surface area contributed by atoms with E-state index < -0.39 is 76.3 Å². The number of nitrogens with zero attached hydrogens (tertiary/aromatic N) is 4. The van der Waals surface area contributed by atoms with E-state index in [9.17, 15) is 48.9 Å². The first kappa shape index (κ1) is 33.1. The zero-order valence-corrected chi connectivity index (χ0v) is 24.8. The Bertz CT molecular complexity index is 1750. The van der Waals surface area contributed by atoms with Crippen molar-refractivity contribution >= 4 is 57.7 Å². The number of nitrogens with two attached hydrogens (primary N) is 1. The van der Waals surface area contributed by atoms with Crippen LogP contribution in [0.2, 0.25) is 0 Å². The molecule has 1 atom stereocenters. The maximum absolute atomic E-state index is 13.3. The number of aromatic hydroxyl groups is 1. The predicted octanol–water partition coefficient (Wildman–Crippen LogP) is -2.97. The van der Waals surface area contributed by atoms with Gasteiger partial charge in [-0.25, -0.2) is 24.6 Å². The lowest BCUT2D eigenvalue weighted by Crippen LogP contribution is -2.46. The van der Waals surface area contributed by atoms with Gasteiger partial charge in [-0.2, -0.15) is 0 Å². The van der Waals surface area contributed by atoms with E-state index in [0.717, 1.165) is 28.6 Å². The topological polar surface area (TPSA) is 299 Å². The minimum Gasteiger partial charge on any atom is -0.503 e. The highest BCUT2D eigenvalue weighted by Gasteiger charge is 2.49. The largest absolute Gasteiger partial charge is 0.503 e. The number of pyridine rings is 1. The summed E-state index contributed by atoms with van der Waals surface area (Å²) in [6, 6.07) is -0.251. The summed E-state index contributed by atoms with van der Waals surface area (Å²) in [6.07, 6.45) is 1.05. The first-order chi connectivity index (χ1) is 21.6. The highest BCUT2D eigenvalue weighted by Crippen LogP contribution is 2.29. The molecule has 2 aromatic heterocycles. The molecule has 2 aliphatic rings. The fraction of sp³-hybridized carbons (Fsp3) is 0.320. The SMILES string of the molecule is CC(C)(O/N=C(\C(=O)N[C@H]1CN2CC(C(=O)NCC(=O)NCc3cc(=O)c(O)c[nH]3)=C(C(=O)O)N2C1=O)c1csc(N)n1)C(=O)O. The number of aromatic amines is 1. The maximum atomic E-state index is 13.3. The van der Waals surface area contributed by atoms with Crippen molar-refractivity contribution in [3.63, 3.8) is 0 Å². The second-order valence-electron chi connectivity index (χ2n) is 10.2. The van der Waals surface area contributed by atoms with E-state index >= 15 is 0 Å². The number of rotatable bonds is 12. The highest BCUT2D eigenvalue weighted by molar-refractivity contribution is 7.13. The molecule has 1 fully saturated rings. The number of hydrogen-bond acceptors (Lipinski definition) is 14. The predicted molar refractivity (Wildman–Crippen MR) is 154 cm³/mol. The molecule has 2 aliphatic heterocycles. The van der Waals surface area contributed by atoms with Crippen LogP contribution in [-0.2, 0) is 40.1 Å². The Morgan fingerprint density at radius 3 is 2.54 bits per heavy atom. The molecule has 0 aromatic carbocycles. The molecule has 0 spiro atoms. The molecule has 46 heavy (non-hydrogen) atoms. The van der Waals surface area contributed by atoms with E-state index in [0.29, 0.717) is 0 Å². The Morgan fingerprint density at radius 2 is 1.93 bits per heavy atom. The van der Waals surface area contributed by atoms with Gasteiger partial charge < -0.3 is 46.8 Å². The van der Waals surface area contributed by atoms with Crippen molar-refractivity contribution in [1.29, 1.82) is 0 Å². The van der Waals surface area contributed by atoms with Crippen LogP contribution < -0.4 is 27.1 Å². The van der Waals surface area contributed by atoms with Crippen molar-refractivity contribution in [2.45, 2.75) is 32.0 Å². The summed E-state index contributed by atoms with van der Waals surface area (Å²) in [7, 11) is 0. The van der Waals surface area contributed by atoms with Crippen molar-refractivity contribution < 1.29 is 48.9 Å². The van der Waals surface area contributed by atoms with Crippen LogP contribution in [0.4, 0.5) is 5.13 Å². The third-order valence-corrected chi connectivity index (χ3v) is 7.17. The molecule has 4 heterocycles. The van der Waals surface area contributed by atoms with Gasteiger partial charge >= 0.3 is 11.9 Å². The van der Waals surface area contributed by atoms with Crippen LogP contribution in [0.15, 0.2) is 38.9 Å². The molecule has 0 aliphatic carbocycles. The van der Waals surface area contributed by atoms with E-state index in [4.69, 9.17) is 10.6 Å². The van der Waals surface area contributed by atoms with Gasteiger partial charge in [0.25, 0.3) is 17.7 Å². The van der Waals surface area contributed by atoms with Crippen molar-refractivity contribution in [2.75, 3.05) is 25.4 Å². The Balaban J connectivity index is 1.43. The number of amides is 4. The summed E-state index contributed by atoms with van der Waals surface area (Å²) in [5.41, 5.74) is 1.83. The summed E-state index contributed by atoms with van der Waals surface area (Å²) < 4.78 is 0. The molecule has 4 rings (SSSR count). The van der Waals surface area contributed by atoms with Crippen molar-refractivity contribution in [3.05, 3.63) is 50.5 Å². The summed E-state index contributed by atoms with van der Waals surface area (Å²) in [5.74, 6) is -7.05. The smallest absolute Gasteiger partial charge is 0.354 e. The van der Waals surface area contributed by atoms with Crippen LogP contribution in [0.5, 0.6) is 5.75 Å². The maximum Gasteiger partial charge on any atom is 0.354 e. The van der Waals surface area contributed by atoms with Crippen molar-refractivity contribution in [2.24, 2.45) is 5.16 Å². The number of hydrogen-bond donors (Lipinski definition) is 8. The number of carboxylic acid groups (broad SMARTS) is 2. The minimum atomic E-state index is -1.84. The molecule has 2 aromatic rings. The first-order valence-corrected chi connectivity index (χ1v) is 14.0. The second-order valence-corrected chi connectivity index (χ2v) is 11.1. The molecule has 21 heteroatoms. The molecule has 0 saturated carbocycles. The van der Waals surface area contributed by atoms with E-state index in [2.05, 4.69) is 31.1 Å². The lowest BCUT2D eigenvalue weighted by atomic mass is 10.1. The summed E-state index contributed by atoms with van der Waals surface area (Å²) in [5, 5.41) is 42.5. The van der Waals surface area contributed by atoms with Crippen molar-refractivity contribution in [1.82, 2.24) is 35.9 Å². The Morgan fingerprint density at radius 1 is 1.22 bits per heavy atom. The Hall–Kier alpha value is -5.83. The van der Waals surface area contributed by atoms with Gasteiger partial charge in [-0.15, -0.1) is 11.3 Å². The molecular formula is C25H27N9O11S. The third kappa shape index (κ3) is 7.10. The molecule has 0 unspecified atom stereocenters. The minimum absolute atomic E-state index is 0.0601. The summed E-state index contributed by atoms with van der Waals surface area (Å²) in [4.78, 5) is 98.2. The average molecular weight is 662 g/mol. The molecule has 244 valence electrons. The number of hydrazine groups is 1. The Labute approximate surface area is 261 Å². The number of nitrogens with one attached hydrogen (secondary N) is 4. The quantitative estimate of drug-likeness (QED) is 0.0833. The van der Waals surface area contributed by atoms with Gasteiger partial charge in [-0.05, 0) is 13.8 Å². The number of nitrogen functional groups attached to an aromatic ring is 1. The molecular weight excluding hydrogens is 634 g/mol. The number of oxime groups is 1. The molecule has 9 N–H and O–H groups in total. The third-order valence-electron chi connectivity index (χ3n) is 6.50. The van der Waals surface area contributed by atoms with Crippen LogP contribution in [0.25, 0.3) is 0 Å². The normalized spacial score (nSPS) is 16.7. The van der Waals surface area contributed by atoms with E-state index in [1.807, 2.05) is 0 Å². The Kier molecular flexibility index (Phi) is 9.37. The number of anilines is 1. The van der Waals surface area contributed by atoms with E-state index in [-0.39, 0.29) is 41.7 Å². The van der Waals surface area contributed by atoms with Crippen LogP contribution >= 0.6 is 11.3 Å². The van der Waals surface area contributed by atoms with Gasteiger partial charge in [0.05, 0.1) is 25.2 Å². The summed E-state index contributed by atoms with van der Waals surface area (Å²) >= 11 is 0.956. The van der Waals surface area contributed by atoms with Crippen LogP contribution in [-0.4, -0.2) is 108 Å². The number of carbonyl (C=O) groups is 6. The monoisotopic (exact) mass is 661 g/mol. The van der Waals surface area contributed by atoms with Gasteiger partial charge in [0.15, 0.2) is 22.3 Å². The standard InChI is InChI=1S/C25H27N9O11S/c1-25(2,23(43)44)45-32-17(13-9-46-24(26)31-13)20(39)30-12-8-33-7-11(18(22(41)42)34(33)21(12)40)19(38)29-6-16(37)28-4-10-3-14(35)15(36)5-27-10/h3,5,9,12,36H,4,6-8H2,1-2H3,(H2,26,31)(H,27,35)(H,28,37)(H,29,38)(H,30,39)(H,41,42)(H,43,44)/b32-17-/t12-/m0/s1. The van der Waals surface area contributed by atoms with E-state index in [1.54, 1.807) is 0 Å². The van der Waals surface area contributed by atoms with E-state index in [1.165, 1.54) is 24.2 Å². The van der Waals surface area contributed by atoms with Gasteiger partial charge in [0.1, 0.15) is 11.7 Å². The number of thiazole rings is 1. The number of H-pyrrole nitrogens is 1. The zero-order chi connectivity index (χ0) is 33.9. The molecule has 0 bridgehead atoms. The molecule has 20 nitrogen and oxygen atoms in total. The van der Waals surface area contributed by atoms with Gasteiger partial charge in [0.2, 0.25) is 16.9 Å². The zero-order valence-electron chi connectivity index (χ0n) is 24.0. The van der Waals surface area contributed by atoms with Gasteiger partial charge in [-0.3, -0.25) is 24.0 Å². The number of carboxylic acids is 2. The molecule has 0 radical (unpaired) electrons. The number of fused-ring (bicyclic) bond motifs is 1. The van der Waals surface area contributed by atoms with Crippen LogP contribution in [0.3, 0.4) is 0 Å². The summed E-state index contributed by atoms with van der Waals surface area (Å²) in [6.45, 7) is 1.04. The van der Waals surface area contributed by atoms with Crippen LogP contribution in [0.1, 0.15) is 25.2 Å². The lowest BCUT2D eigenvalue weighted by molar-refractivity contribution is -0.161. The molecule has 4 amide bonds. The number of aliphatic carboxylic acids is 2. The highest BCUT2D eigenvalue weighted by atomic mass is 32.1. The lowest BCUT2D eigenvalue weighted by Gasteiger charge is -2.19. The van der Waals surface area contributed by atoms with Gasteiger partial charge in [-0.1, -0.05) is 5.16 Å². The van der Waals surface area contributed by atoms with Crippen molar-refractivity contribution in [3.8, 4) is 5.75 Å². The average Bonchev–Trinajstić information content (AvgIpc) is 3.67. The second kappa shape index (κ2) is 13.0. The number of aromatic nitrogens is 2. The fourth-order valence-corrected chi connectivity index (χ4v) is 4.64. The number of carbonyl (C=O) groups excluding carboxylic acids is 4. The fourth-order valence-electron chi connectivity index (χ4n) is 4.09. The van der Waals surface area contributed by atoms with Gasteiger partial charge in [0, 0.05) is 29.9 Å². The van der Waals surface area contributed by atoms with Crippen LogP contribution in [0, 0.1) is 0 Å².